The first-order valence-electron chi connectivity index (χ1n) is 5.28. The van der Waals surface area contributed by atoms with Crippen LogP contribution in [0.3, 0.4) is 0 Å². The Morgan fingerprint density at radius 3 is 3.00 bits per heavy atom. The molecule has 0 aromatic carbocycles. The largest absolute Gasteiger partial charge is 0.237 e. The monoisotopic (exact) mass is 218 g/mol. The van der Waals surface area contributed by atoms with Crippen molar-refractivity contribution in [3.8, 4) is 0 Å². The fourth-order valence-corrected chi connectivity index (χ4v) is 2.55. The average molecular weight is 219 g/mol. The predicted octanol–water partition coefficient (Wildman–Crippen LogP) is 3.16. The number of fused-ring (bicyclic) bond motifs is 2. The first kappa shape index (κ1) is 9.10. The topological polar surface area (TPSA) is 25.8 Å². The Morgan fingerprint density at radius 1 is 1.20 bits per heavy atom. The molecule has 2 aromatic rings. The van der Waals surface area contributed by atoms with E-state index in [1.54, 1.807) is 6.20 Å². The molecule has 0 saturated carbocycles. The van der Waals surface area contributed by atoms with Crippen molar-refractivity contribution in [1.82, 2.24) is 9.97 Å². The zero-order valence-electron chi connectivity index (χ0n) is 8.33. The van der Waals surface area contributed by atoms with Gasteiger partial charge in [-0.2, -0.15) is 0 Å². The molecule has 0 radical (unpaired) electrons. The lowest BCUT2D eigenvalue weighted by Crippen LogP contribution is -2.06. The van der Waals surface area contributed by atoms with Gasteiger partial charge in [-0.25, -0.2) is 9.97 Å². The van der Waals surface area contributed by atoms with Crippen molar-refractivity contribution in [2.24, 2.45) is 0 Å². The van der Waals surface area contributed by atoms with Crippen LogP contribution in [0.25, 0.3) is 11.0 Å². The Hall–Kier alpha value is -1.15. The van der Waals surface area contributed by atoms with E-state index in [0.717, 1.165) is 34.6 Å². The highest BCUT2D eigenvalue weighted by Crippen LogP contribution is 2.31. The summed E-state index contributed by atoms with van der Waals surface area (Å²) < 4.78 is 0. The van der Waals surface area contributed by atoms with Crippen LogP contribution in [-0.4, -0.2) is 9.97 Å². The number of rotatable bonds is 0. The van der Waals surface area contributed by atoms with E-state index >= 15 is 0 Å². The van der Waals surface area contributed by atoms with Crippen LogP contribution in [0.2, 0.25) is 5.02 Å². The molecule has 3 rings (SSSR count). The first-order valence-corrected chi connectivity index (χ1v) is 5.66. The third-order valence-electron chi connectivity index (χ3n) is 2.97. The van der Waals surface area contributed by atoms with Crippen molar-refractivity contribution >= 4 is 22.6 Å². The van der Waals surface area contributed by atoms with Crippen molar-refractivity contribution in [1.29, 1.82) is 0 Å². The first-order chi connectivity index (χ1) is 7.36. The Labute approximate surface area is 93.3 Å². The van der Waals surface area contributed by atoms with E-state index in [9.17, 15) is 0 Å². The van der Waals surface area contributed by atoms with Crippen molar-refractivity contribution in [2.45, 2.75) is 25.7 Å². The minimum absolute atomic E-state index is 0.781. The number of nitrogens with zero attached hydrogens (tertiary/aromatic N) is 2. The molecule has 0 N–H and O–H groups in total. The van der Waals surface area contributed by atoms with E-state index < -0.39 is 0 Å². The molecule has 76 valence electrons. The van der Waals surface area contributed by atoms with E-state index in [1.165, 1.54) is 18.4 Å². The zero-order chi connectivity index (χ0) is 10.3. The number of pyridine rings is 2. The molecule has 0 unspecified atom stereocenters. The molecule has 0 aliphatic heterocycles. The Kier molecular flexibility index (Phi) is 2.10. The highest BCUT2D eigenvalue weighted by Gasteiger charge is 2.16. The molecule has 0 amide bonds. The molecular formula is C12H11ClN2. The lowest BCUT2D eigenvalue weighted by Gasteiger charge is -2.16. The lowest BCUT2D eigenvalue weighted by atomic mass is 9.95. The van der Waals surface area contributed by atoms with Gasteiger partial charge >= 0.3 is 0 Å². The number of aromatic nitrogens is 2. The van der Waals surface area contributed by atoms with Gasteiger partial charge in [-0.05, 0) is 43.4 Å². The van der Waals surface area contributed by atoms with E-state index in [1.807, 2.05) is 12.1 Å². The van der Waals surface area contributed by atoms with Crippen LogP contribution >= 0.6 is 11.6 Å². The Morgan fingerprint density at radius 2 is 2.07 bits per heavy atom. The van der Waals surface area contributed by atoms with Crippen LogP contribution < -0.4 is 0 Å². The Bertz CT molecular complexity index is 522. The molecule has 0 bridgehead atoms. The SMILES string of the molecule is Clc1c2c(nc3ncccc13)CCCC2. The van der Waals surface area contributed by atoms with Crippen LogP contribution in [0, 0.1) is 0 Å². The zero-order valence-corrected chi connectivity index (χ0v) is 9.09. The molecule has 0 saturated heterocycles. The fraction of sp³-hybridized carbons (Fsp3) is 0.333. The molecule has 0 atom stereocenters. The van der Waals surface area contributed by atoms with Gasteiger partial charge in [0.15, 0.2) is 5.65 Å². The molecule has 1 aliphatic rings. The summed E-state index contributed by atoms with van der Waals surface area (Å²) in [6.45, 7) is 0. The molecule has 0 fully saturated rings. The fourth-order valence-electron chi connectivity index (χ4n) is 2.20. The van der Waals surface area contributed by atoms with Gasteiger partial charge in [0, 0.05) is 17.3 Å². The smallest absolute Gasteiger partial charge is 0.160 e. The third kappa shape index (κ3) is 1.40. The van der Waals surface area contributed by atoms with E-state index in [-0.39, 0.29) is 0 Å². The van der Waals surface area contributed by atoms with Gasteiger partial charge in [0.05, 0.1) is 5.02 Å². The third-order valence-corrected chi connectivity index (χ3v) is 3.40. The second-order valence-corrected chi connectivity index (χ2v) is 4.31. The summed E-state index contributed by atoms with van der Waals surface area (Å²) in [7, 11) is 0. The second-order valence-electron chi connectivity index (χ2n) is 3.93. The van der Waals surface area contributed by atoms with Crippen molar-refractivity contribution < 1.29 is 0 Å². The number of hydrogen-bond donors (Lipinski definition) is 0. The maximum absolute atomic E-state index is 6.38. The van der Waals surface area contributed by atoms with Gasteiger partial charge in [-0.3, -0.25) is 0 Å². The normalized spacial score (nSPS) is 15.3. The maximum Gasteiger partial charge on any atom is 0.160 e. The van der Waals surface area contributed by atoms with Crippen molar-refractivity contribution in [3.63, 3.8) is 0 Å². The lowest BCUT2D eigenvalue weighted by molar-refractivity contribution is 0.671. The van der Waals surface area contributed by atoms with Gasteiger partial charge in [-0.1, -0.05) is 11.6 Å². The van der Waals surface area contributed by atoms with Crippen LogP contribution in [-0.2, 0) is 12.8 Å². The molecule has 15 heavy (non-hydrogen) atoms. The van der Waals surface area contributed by atoms with Gasteiger partial charge in [-0.15, -0.1) is 0 Å². The molecule has 0 spiro atoms. The summed E-state index contributed by atoms with van der Waals surface area (Å²) in [4.78, 5) is 8.84. The molecule has 3 heteroatoms. The van der Waals surface area contributed by atoms with Crippen molar-refractivity contribution in [3.05, 3.63) is 34.6 Å². The van der Waals surface area contributed by atoms with Gasteiger partial charge < -0.3 is 0 Å². The molecular weight excluding hydrogens is 208 g/mol. The number of aryl methyl sites for hydroxylation is 1. The summed E-state index contributed by atoms with van der Waals surface area (Å²) in [5.41, 5.74) is 3.17. The number of halogens is 1. The van der Waals surface area contributed by atoms with Crippen molar-refractivity contribution in [2.75, 3.05) is 0 Å². The summed E-state index contributed by atoms with van der Waals surface area (Å²) >= 11 is 6.38. The maximum atomic E-state index is 6.38. The predicted molar refractivity (Wildman–Crippen MR) is 61.2 cm³/mol. The molecule has 2 aromatic heterocycles. The highest BCUT2D eigenvalue weighted by atomic mass is 35.5. The minimum atomic E-state index is 0.781. The molecule has 1 aliphatic carbocycles. The summed E-state index contributed by atoms with van der Waals surface area (Å²) in [5.74, 6) is 0. The highest BCUT2D eigenvalue weighted by molar-refractivity contribution is 6.36. The van der Waals surface area contributed by atoms with Crippen LogP contribution in [0.15, 0.2) is 18.3 Å². The standard InChI is InChI=1S/C12H11ClN2/c13-11-8-4-1-2-6-10(8)15-12-9(11)5-3-7-14-12/h3,5,7H,1-2,4,6H2. The average Bonchev–Trinajstić information content (AvgIpc) is 2.30. The van der Waals surface area contributed by atoms with Crippen LogP contribution in [0.1, 0.15) is 24.1 Å². The summed E-state index contributed by atoms with van der Waals surface area (Å²) in [6, 6.07) is 3.90. The van der Waals surface area contributed by atoms with Crippen LogP contribution in [0.5, 0.6) is 0 Å². The number of hydrogen-bond acceptors (Lipinski definition) is 2. The quantitative estimate of drug-likeness (QED) is 0.679. The van der Waals surface area contributed by atoms with Gasteiger partial charge in [0.1, 0.15) is 0 Å². The van der Waals surface area contributed by atoms with E-state index in [0.29, 0.717) is 0 Å². The molecule has 2 heterocycles. The Balaban J connectivity index is 2.36. The molecule has 2 nitrogen and oxygen atoms in total. The van der Waals surface area contributed by atoms with Crippen LogP contribution in [0.4, 0.5) is 0 Å². The van der Waals surface area contributed by atoms with E-state index in [2.05, 4.69) is 9.97 Å². The summed E-state index contributed by atoms with van der Waals surface area (Å²) in [6.07, 6.45) is 6.31. The van der Waals surface area contributed by atoms with Gasteiger partial charge in [0.25, 0.3) is 0 Å². The van der Waals surface area contributed by atoms with Gasteiger partial charge in [0.2, 0.25) is 0 Å². The second kappa shape index (κ2) is 3.46. The minimum Gasteiger partial charge on any atom is -0.237 e. The summed E-state index contributed by atoms with van der Waals surface area (Å²) in [5, 5.41) is 1.85. The van der Waals surface area contributed by atoms with E-state index in [4.69, 9.17) is 11.6 Å².